The first-order valence-electron chi connectivity index (χ1n) is 10.8. The first-order chi connectivity index (χ1) is 13.8. The van der Waals surface area contributed by atoms with Crippen molar-refractivity contribution in [3.63, 3.8) is 0 Å². The molecule has 0 amide bonds. The number of nitrogens with two attached hydrogens (primary N) is 1. The molecule has 5 rings (SSSR count). The highest BCUT2D eigenvalue weighted by atomic mass is 32.2. The maximum atomic E-state index is 12.8. The number of aryl methyl sites for hydroxylation is 2. The van der Waals surface area contributed by atoms with Crippen molar-refractivity contribution < 1.29 is 18.5 Å². The van der Waals surface area contributed by atoms with E-state index in [0.717, 1.165) is 78.9 Å². The van der Waals surface area contributed by atoms with E-state index in [1.807, 2.05) is 25.1 Å². The third-order valence-corrected chi connectivity index (χ3v) is 9.06. The molecule has 0 radical (unpaired) electrons. The molecule has 2 aromatic rings. The number of fused-ring (bicyclic) bond motifs is 3. The van der Waals surface area contributed by atoms with Gasteiger partial charge in [-0.05, 0) is 76.5 Å². The van der Waals surface area contributed by atoms with Gasteiger partial charge in [-0.15, -0.1) is 0 Å². The van der Waals surface area contributed by atoms with Gasteiger partial charge in [-0.1, -0.05) is 12.8 Å². The van der Waals surface area contributed by atoms with Gasteiger partial charge in [0.1, 0.15) is 11.3 Å². The first-order valence-corrected chi connectivity index (χ1v) is 12.4. The molecular formula is C23H31NO4S. The van der Waals surface area contributed by atoms with Crippen LogP contribution in [0.25, 0.3) is 11.0 Å². The lowest BCUT2D eigenvalue weighted by molar-refractivity contribution is -0.147. The van der Waals surface area contributed by atoms with E-state index in [-0.39, 0.29) is 5.41 Å². The van der Waals surface area contributed by atoms with E-state index in [2.05, 4.69) is 0 Å². The van der Waals surface area contributed by atoms with E-state index in [0.29, 0.717) is 0 Å². The first kappa shape index (κ1) is 20.5. The molecule has 2 saturated carbocycles. The number of aliphatic carboxylic acids is 1. The van der Waals surface area contributed by atoms with Gasteiger partial charge < -0.3 is 9.52 Å². The van der Waals surface area contributed by atoms with Crippen LogP contribution in [0.1, 0.15) is 76.0 Å². The Morgan fingerprint density at radius 2 is 1.76 bits per heavy atom. The van der Waals surface area contributed by atoms with Crippen LogP contribution in [0.5, 0.6) is 0 Å². The Hall–Kier alpha value is -1.79. The Kier molecular flexibility index (Phi) is 5.51. The number of carboxylic acids is 1. The van der Waals surface area contributed by atoms with Gasteiger partial charge in [-0.3, -0.25) is 9.93 Å². The minimum absolute atomic E-state index is 0.389. The summed E-state index contributed by atoms with van der Waals surface area (Å²) in [6.07, 6.45) is 11.4. The number of hydrogen-bond acceptors (Lipinski definition) is 3. The molecule has 6 heteroatoms. The summed E-state index contributed by atoms with van der Waals surface area (Å²) >= 11 is 0. The van der Waals surface area contributed by atoms with Gasteiger partial charge in [0, 0.05) is 27.1 Å². The van der Waals surface area contributed by atoms with Crippen LogP contribution >= 0.6 is 0 Å². The zero-order valence-electron chi connectivity index (χ0n) is 17.2. The van der Waals surface area contributed by atoms with Gasteiger partial charge in [0.2, 0.25) is 0 Å². The summed E-state index contributed by atoms with van der Waals surface area (Å²) in [4.78, 5) is 12.3. The van der Waals surface area contributed by atoms with Crippen LogP contribution in [-0.2, 0) is 27.3 Å². The van der Waals surface area contributed by atoms with Crippen LogP contribution in [0.2, 0.25) is 0 Å². The Labute approximate surface area is 172 Å². The van der Waals surface area contributed by atoms with Crippen LogP contribution in [0, 0.1) is 5.41 Å². The summed E-state index contributed by atoms with van der Waals surface area (Å²) in [5.74, 6) is 0.489. The number of carbonyl (C=O) groups is 1. The van der Waals surface area contributed by atoms with Crippen LogP contribution < -0.4 is 5.14 Å². The highest BCUT2D eigenvalue weighted by Gasteiger charge is 2.35. The molecule has 0 aliphatic heterocycles. The van der Waals surface area contributed by atoms with Crippen LogP contribution in [0.3, 0.4) is 0 Å². The van der Waals surface area contributed by atoms with Gasteiger partial charge >= 0.3 is 5.97 Å². The van der Waals surface area contributed by atoms with E-state index in [1.54, 1.807) is 0 Å². The standard InChI is InChI=1S/C16H19NO2S.C7H12O2/c17-20(18,11-4-3-5-11)12-8-9-14-13-6-1-2-7-15(13)19-16(14)10-12;1-7(6(8)9)4-2-3-5-7/h8-10H,1-7H2,(H2,17,18);2-5H2,1H3,(H,8,9). The number of furan rings is 1. The SMILES string of the molecule is CC1(C(=O)O)CCCC1.NS(=O)(=C1CCC1)c1ccc2c3c(oc2c1)CCCC3. The van der Waals surface area contributed by atoms with Crippen molar-refractivity contribution >= 4 is 31.5 Å². The molecular weight excluding hydrogens is 386 g/mol. The van der Waals surface area contributed by atoms with Gasteiger partial charge in [0.15, 0.2) is 0 Å². The van der Waals surface area contributed by atoms with Crippen molar-refractivity contribution in [3.05, 3.63) is 29.5 Å². The average Bonchev–Trinajstić information content (AvgIpc) is 3.24. The summed E-state index contributed by atoms with van der Waals surface area (Å²) in [6.45, 7) is 1.84. The minimum atomic E-state index is -2.49. The summed E-state index contributed by atoms with van der Waals surface area (Å²) in [5.41, 5.74) is 1.81. The van der Waals surface area contributed by atoms with Crippen molar-refractivity contribution in [1.29, 1.82) is 0 Å². The smallest absolute Gasteiger partial charge is 0.309 e. The topological polar surface area (TPSA) is 93.5 Å². The molecule has 0 spiro atoms. The van der Waals surface area contributed by atoms with Crippen molar-refractivity contribution in [2.75, 3.05) is 0 Å². The summed E-state index contributed by atoms with van der Waals surface area (Å²) in [6, 6.07) is 5.88. The largest absolute Gasteiger partial charge is 0.481 e. The molecule has 0 bridgehead atoms. The van der Waals surface area contributed by atoms with Crippen molar-refractivity contribution in [1.82, 2.24) is 0 Å². The number of rotatable bonds is 2. The minimum Gasteiger partial charge on any atom is -0.481 e. The van der Waals surface area contributed by atoms with Crippen molar-refractivity contribution in [3.8, 4) is 0 Å². The molecule has 158 valence electrons. The lowest BCUT2D eigenvalue weighted by Crippen LogP contribution is -2.28. The van der Waals surface area contributed by atoms with Gasteiger partial charge in [-0.2, -0.15) is 0 Å². The number of benzene rings is 1. The van der Waals surface area contributed by atoms with Crippen LogP contribution in [0.15, 0.2) is 27.5 Å². The molecule has 1 aromatic carbocycles. The quantitative estimate of drug-likeness (QED) is 0.684. The highest BCUT2D eigenvalue weighted by Crippen LogP contribution is 2.37. The maximum Gasteiger partial charge on any atom is 0.309 e. The van der Waals surface area contributed by atoms with Gasteiger partial charge in [0.25, 0.3) is 0 Å². The Morgan fingerprint density at radius 1 is 1.07 bits per heavy atom. The average molecular weight is 418 g/mol. The predicted molar refractivity (Wildman–Crippen MR) is 117 cm³/mol. The summed E-state index contributed by atoms with van der Waals surface area (Å²) in [5, 5.41) is 16.0. The fourth-order valence-electron chi connectivity index (χ4n) is 4.59. The molecule has 1 unspecified atom stereocenters. The van der Waals surface area contributed by atoms with Crippen molar-refractivity contribution in [2.45, 2.75) is 82.4 Å². The summed E-state index contributed by atoms with van der Waals surface area (Å²) in [7, 11) is -2.49. The Bertz CT molecular complexity index is 1050. The Morgan fingerprint density at radius 3 is 2.34 bits per heavy atom. The maximum absolute atomic E-state index is 12.8. The van der Waals surface area contributed by atoms with Crippen LogP contribution in [-0.4, -0.2) is 20.1 Å². The molecule has 29 heavy (non-hydrogen) atoms. The fourth-order valence-corrected chi connectivity index (χ4v) is 6.37. The van der Waals surface area contributed by atoms with E-state index >= 15 is 0 Å². The highest BCUT2D eigenvalue weighted by molar-refractivity contribution is 8.00. The molecule has 0 saturated heterocycles. The molecule has 1 heterocycles. The molecule has 3 N–H and O–H groups in total. The number of carboxylic acid groups (broad SMARTS) is 1. The molecule has 1 atom stereocenters. The van der Waals surface area contributed by atoms with E-state index in [9.17, 15) is 9.00 Å². The number of hydrogen-bond donors (Lipinski definition) is 2. The van der Waals surface area contributed by atoms with E-state index < -0.39 is 15.7 Å². The molecule has 3 aliphatic carbocycles. The Balaban J connectivity index is 0.000000192. The van der Waals surface area contributed by atoms with E-state index in [1.165, 1.54) is 23.8 Å². The lowest BCUT2D eigenvalue weighted by atomic mass is 9.89. The van der Waals surface area contributed by atoms with Gasteiger partial charge in [-0.25, -0.2) is 4.21 Å². The normalized spacial score (nSPS) is 22.2. The zero-order valence-corrected chi connectivity index (χ0v) is 18.0. The van der Waals surface area contributed by atoms with E-state index in [4.69, 9.17) is 14.7 Å². The molecule has 2 fully saturated rings. The van der Waals surface area contributed by atoms with Crippen LogP contribution in [0.4, 0.5) is 0 Å². The fraction of sp³-hybridized carbons (Fsp3) is 0.565. The second-order valence-corrected chi connectivity index (χ2v) is 11.2. The second-order valence-electron chi connectivity index (χ2n) is 8.93. The van der Waals surface area contributed by atoms with Crippen molar-refractivity contribution in [2.24, 2.45) is 10.6 Å². The third kappa shape index (κ3) is 3.84. The molecule has 1 aromatic heterocycles. The third-order valence-electron chi connectivity index (χ3n) is 6.84. The molecule has 3 aliphatic rings. The predicted octanol–water partition coefficient (Wildman–Crippen LogP) is 4.84. The monoisotopic (exact) mass is 417 g/mol. The van der Waals surface area contributed by atoms with Gasteiger partial charge in [0.05, 0.1) is 15.1 Å². The second kappa shape index (κ2) is 7.80. The lowest BCUT2D eigenvalue weighted by Gasteiger charge is -2.20. The molecule has 5 nitrogen and oxygen atoms in total. The summed E-state index contributed by atoms with van der Waals surface area (Å²) < 4.78 is 18.7. The zero-order chi connectivity index (χ0) is 20.6.